The highest BCUT2D eigenvalue weighted by Crippen LogP contribution is 2.36. The Morgan fingerprint density at radius 2 is 1.73 bits per heavy atom. The normalized spacial score (nSPS) is 11.6. The number of alkyl halides is 3. The van der Waals surface area contributed by atoms with Gasteiger partial charge in [0.15, 0.2) is 5.82 Å². The van der Waals surface area contributed by atoms with Crippen LogP contribution in [0.4, 0.5) is 43.8 Å². The van der Waals surface area contributed by atoms with Gasteiger partial charge in [-0.2, -0.15) is 13.2 Å². The average Bonchev–Trinajstić information content (AvgIpc) is 2.90. The molecule has 11 nitrogen and oxygen atoms in total. The Morgan fingerprint density at radius 3 is 2.30 bits per heavy atom. The van der Waals surface area contributed by atoms with Gasteiger partial charge in [0.25, 0.3) is 5.69 Å². The van der Waals surface area contributed by atoms with E-state index in [1.807, 2.05) is 0 Å². The standard InChI is InChI=1S/C28H27F5N4O7/c1-27(2,3)44-26(40)36(12-11-19-21(37(41)42)9-10-22(35-19)43-4)14-15-13-16(29)5-7-18(15)34-20-8-6-17(28(31,32)33)24(30)23(20)25(38)39/h5-10,13,34H,11-12,14H2,1-4H3,(H,38,39). The molecule has 2 aromatic carbocycles. The summed E-state index contributed by atoms with van der Waals surface area (Å²) in [6, 6.07) is 6.56. The highest BCUT2D eigenvalue weighted by molar-refractivity contribution is 5.96. The van der Waals surface area contributed by atoms with Crippen molar-refractivity contribution >= 4 is 29.1 Å². The molecule has 0 radical (unpaired) electrons. The fourth-order valence-corrected chi connectivity index (χ4v) is 4.01. The van der Waals surface area contributed by atoms with Crippen LogP contribution in [0.25, 0.3) is 0 Å². The monoisotopic (exact) mass is 626 g/mol. The molecule has 44 heavy (non-hydrogen) atoms. The molecule has 3 rings (SSSR count). The number of aromatic carboxylic acids is 1. The largest absolute Gasteiger partial charge is 0.481 e. The van der Waals surface area contributed by atoms with E-state index in [2.05, 4.69) is 10.3 Å². The minimum Gasteiger partial charge on any atom is -0.481 e. The number of anilines is 2. The van der Waals surface area contributed by atoms with Gasteiger partial charge in [-0.15, -0.1) is 0 Å². The number of hydrogen-bond donors (Lipinski definition) is 2. The Hall–Kier alpha value is -5.02. The van der Waals surface area contributed by atoms with Crippen LogP contribution in [-0.2, 0) is 23.9 Å². The molecule has 1 aromatic heterocycles. The quantitative estimate of drug-likeness (QED) is 0.142. The molecule has 0 atom stereocenters. The first-order valence-corrected chi connectivity index (χ1v) is 12.8. The highest BCUT2D eigenvalue weighted by atomic mass is 19.4. The molecule has 0 spiro atoms. The van der Waals surface area contributed by atoms with Crippen molar-refractivity contribution in [3.8, 4) is 5.88 Å². The number of ether oxygens (including phenoxy) is 2. The molecule has 0 aliphatic rings. The zero-order valence-corrected chi connectivity index (χ0v) is 23.8. The second kappa shape index (κ2) is 13.1. The first-order valence-electron chi connectivity index (χ1n) is 12.8. The third kappa shape index (κ3) is 8.29. The number of carboxylic acids is 1. The lowest BCUT2D eigenvalue weighted by molar-refractivity contribution is -0.386. The van der Waals surface area contributed by atoms with E-state index in [0.717, 1.165) is 23.1 Å². The van der Waals surface area contributed by atoms with Crippen molar-refractivity contribution in [2.45, 2.75) is 45.5 Å². The molecule has 236 valence electrons. The smallest absolute Gasteiger partial charge is 0.419 e. The number of benzene rings is 2. The van der Waals surface area contributed by atoms with Crippen LogP contribution in [0.3, 0.4) is 0 Å². The molecule has 1 amide bonds. The first kappa shape index (κ1) is 33.5. The molecule has 16 heteroatoms. The molecule has 0 bridgehead atoms. The number of nitrogens with zero attached hydrogens (tertiary/aromatic N) is 3. The van der Waals surface area contributed by atoms with Crippen LogP contribution in [0.2, 0.25) is 0 Å². The van der Waals surface area contributed by atoms with Gasteiger partial charge in [0.05, 0.1) is 29.8 Å². The van der Waals surface area contributed by atoms with Gasteiger partial charge in [-0.25, -0.2) is 23.4 Å². The summed E-state index contributed by atoms with van der Waals surface area (Å²) in [5, 5.41) is 23.6. The maximum Gasteiger partial charge on any atom is 0.419 e. The number of aromatic nitrogens is 1. The third-order valence-electron chi connectivity index (χ3n) is 5.96. The van der Waals surface area contributed by atoms with E-state index in [0.29, 0.717) is 12.1 Å². The fourth-order valence-electron chi connectivity index (χ4n) is 4.01. The SMILES string of the molecule is COc1ccc([N+](=O)[O-])c(CCN(Cc2cc(F)ccc2Nc2ccc(C(F)(F)F)c(F)c2C(=O)O)C(=O)OC(C)(C)C)n1. The average molecular weight is 627 g/mol. The molecule has 0 saturated carbocycles. The van der Waals surface area contributed by atoms with Crippen LogP contribution in [0.5, 0.6) is 5.88 Å². The Morgan fingerprint density at radius 1 is 1.07 bits per heavy atom. The maximum absolute atomic E-state index is 14.7. The van der Waals surface area contributed by atoms with Crippen LogP contribution in [0.1, 0.15) is 48.0 Å². The minimum atomic E-state index is -5.17. The lowest BCUT2D eigenvalue weighted by Crippen LogP contribution is -2.38. The van der Waals surface area contributed by atoms with Gasteiger partial charge in [0.2, 0.25) is 5.88 Å². The molecule has 1 heterocycles. The van der Waals surface area contributed by atoms with Crippen molar-refractivity contribution in [3.63, 3.8) is 0 Å². The Kier molecular flexibility index (Phi) is 9.96. The van der Waals surface area contributed by atoms with E-state index in [1.165, 1.54) is 19.2 Å². The summed E-state index contributed by atoms with van der Waals surface area (Å²) in [6.07, 6.45) is -6.27. The summed E-state index contributed by atoms with van der Waals surface area (Å²) >= 11 is 0. The van der Waals surface area contributed by atoms with E-state index >= 15 is 0 Å². The van der Waals surface area contributed by atoms with Crippen molar-refractivity contribution in [1.82, 2.24) is 9.88 Å². The van der Waals surface area contributed by atoms with Crippen LogP contribution in [0, 0.1) is 21.7 Å². The van der Waals surface area contributed by atoms with Crippen LogP contribution < -0.4 is 10.1 Å². The lowest BCUT2D eigenvalue weighted by atomic mass is 10.1. The van der Waals surface area contributed by atoms with Gasteiger partial charge >= 0.3 is 18.2 Å². The molecule has 0 fully saturated rings. The molecule has 2 N–H and O–H groups in total. The molecule has 0 aliphatic carbocycles. The number of carbonyl (C=O) groups is 2. The zero-order valence-electron chi connectivity index (χ0n) is 23.8. The number of amides is 1. The van der Waals surface area contributed by atoms with E-state index in [9.17, 15) is 46.8 Å². The highest BCUT2D eigenvalue weighted by Gasteiger charge is 2.37. The second-order valence-electron chi connectivity index (χ2n) is 10.3. The van der Waals surface area contributed by atoms with Crippen molar-refractivity contribution in [2.24, 2.45) is 0 Å². The zero-order chi connectivity index (χ0) is 33.0. The number of halogens is 5. The number of carbonyl (C=O) groups excluding carboxylic acids is 1. The number of pyridine rings is 1. The van der Waals surface area contributed by atoms with Gasteiger partial charge in [-0.3, -0.25) is 10.1 Å². The lowest BCUT2D eigenvalue weighted by Gasteiger charge is -2.28. The van der Waals surface area contributed by atoms with E-state index in [-0.39, 0.29) is 41.5 Å². The Balaban J connectivity index is 2.03. The minimum absolute atomic E-state index is 0.0133. The van der Waals surface area contributed by atoms with Gasteiger partial charge in [0, 0.05) is 30.8 Å². The van der Waals surface area contributed by atoms with E-state index in [1.54, 1.807) is 20.8 Å². The Labute approximate surface area is 247 Å². The summed E-state index contributed by atoms with van der Waals surface area (Å²) in [5.74, 6) is -4.75. The number of carboxylic acid groups (broad SMARTS) is 1. The summed E-state index contributed by atoms with van der Waals surface area (Å²) in [4.78, 5) is 41.0. The number of nitro groups is 1. The van der Waals surface area contributed by atoms with Gasteiger partial charge in [-0.05, 0) is 56.7 Å². The van der Waals surface area contributed by atoms with Crippen molar-refractivity contribution in [2.75, 3.05) is 19.0 Å². The number of rotatable bonds is 10. The summed E-state index contributed by atoms with van der Waals surface area (Å²) in [6.45, 7) is 4.07. The van der Waals surface area contributed by atoms with Crippen molar-refractivity contribution in [3.05, 3.63) is 86.6 Å². The summed E-state index contributed by atoms with van der Waals surface area (Å²) in [7, 11) is 1.31. The molecule has 0 aliphatic heterocycles. The van der Waals surface area contributed by atoms with Crippen LogP contribution in [-0.4, -0.2) is 51.2 Å². The van der Waals surface area contributed by atoms with E-state index in [4.69, 9.17) is 9.47 Å². The van der Waals surface area contributed by atoms with Gasteiger partial charge in [0.1, 0.15) is 22.7 Å². The van der Waals surface area contributed by atoms with Gasteiger partial charge < -0.3 is 24.8 Å². The molecule has 0 unspecified atom stereocenters. The molecular weight excluding hydrogens is 599 g/mol. The van der Waals surface area contributed by atoms with Crippen LogP contribution in [0.15, 0.2) is 42.5 Å². The summed E-state index contributed by atoms with van der Waals surface area (Å²) < 4.78 is 79.2. The predicted octanol–water partition coefficient (Wildman–Crippen LogP) is 6.72. The maximum atomic E-state index is 14.7. The van der Waals surface area contributed by atoms with Crippen molar-refractivity contribution in [1.29, 1.82) is 0 Å². The first-order chi connectivity index (χ1) is 20.4. The predicted molar refractivity (Wildman–Crippen MR) is 146 cm³/mol. The number of hydrogen-bond acceptors (Lipinski definition) is 8. The topological polar surface area (TPSA) is 144 Å². The van der Waals surface area contributed by atoms with Crippen LogP contribution >= 0.6 is 0 Å². The van der Waals surface area contributed by atoms with E-state index < -0.39 is 63.8 Å². The molecule has 0 saturated heterocycles. The summed E-state index contributed by atoms with van der Waals surface area (Å²) in [5.41, 5.74) is -5.15. The van der Waals surface area contributed by atoms with Crippen molar-refractivity contribution < 1.29 is 51.0 Å². The van der Waals surface area contributed by atoms with Gasteiger partial charge in [-0.1, -0.05) is 0 Å². The number of methoxy groups -OCH3 is 1. The fraction of sp³-hybridized carbons (Fsp3) is 0.321. The third-order valence-corrected chi connectivity index (χ3v) is 5.96. The second-order valence-corrected chi connectivity index (χ2v) is 10.3. The molecular formula is C28H27F5N4O7. The molecule has 3 aromatic rings. The number of nitrogens with one attached hydrogen (secondary N) is 1. The Bertz CT molecular complexity index is 1580.